The summed E-state index contributed by atoms with van der Waals surface area (Å²) in [7, 11) is 0. The van der Waals surface area contributed by atoms with Crippen LogP contribution in [0, 0.1) is 17.3 Å². The Morgan fingerprint density at radius 2 is 0.492 bits per heavy atom. The van der Waals surface area contributed by atoms with E-state index in [4.69, 9.17) is 0 Å². The summed E-state index contributed by atoms with van der Waals surface area (Å²) in [6.45, 7) is 9.83. The third-order valence-electron chi connectivity index (χ3n) is 16.4. The molecule has 0 aromatic carbocycles. The Morgan fingerprint density at radius 1 is 0.277 bits per heavy atom. The fourth-order valence-electron chi connectivity index (χ4n) is 11.8. The summed E-state index contributed by atoms with van der Waals surface area (Å²) in [5.41, 5.74) is 0.540. The molecule has 0 bridgehead atoms. The van der Waals surface area contributed by atoms with Crippen LogP contribution < -0.4 is 0 Å². The highest BCUT2D eigenvalue weighted by Gasteiger charge is 2.22. The van der Waals surface area contributed by atoms with Gasteiger partial charge in [0.15, 0.2) is 0 Å². The van der Waals surface area contributed by atoms with Gasteiger partial charge in [-0.05, 0) is 30.1 Å². The minimum Gasteiger partial charge on any atom is -0.0654 e. The first kappa shape index (κ1) is 63.0. The monoisotopic (exact) mass is 911 g/mol. The molecule has 1 aliphatic rings. The Labute approximate surface area is 415 Å². The van der Waals surface area contributed by atoms with Gasteiger partial charge in [0.1, 0.15) is 0 Å². The van der Waals surface area contributed by atoms with E-state index in [0.29, 0.717) is 5.41 Å². The third kappa shape index (κ3) is 51.7. The molecular weight excluding hydrogens is 781 g/mol. The van der Waals surface area contributed by atoms with Crippen LogP contribution in [0.4, 0.5) is 0 Å². The molecule has 0 heteroatoms. The molecule has 1 rings (SSSR count). The van der Waals surface area contributed by atoms with Crippen LogP contribution in [0.15, 0.2) is 0 Å². The van der Waals surface area contributed by atoms with Gasteiger partial charge < -0.3 is 0 Å². The highest BCUT2D eigenvalue weighted by Crippen LogP contribution is 2.36. The fourth-order valence-corrected chi connectivity index (χ4v) is 11.8. The highest BCUT2D eigenvalue weighted by molar-refractivity contribution is 4.74. The van der Waals surface area contributed by atoms with Gasteiger partial charge in [0.05, 0.1) is 0 Å². The Hall–Kier alpha value is 0. The van der Waals surface area contributed by atoms with Crippen molar-refractivity contribution in [3.05, 3.63) is 0 Å². The summed E-state index contributed by atoms with van der Waals surface area (Å²) in [5.74, 6) is 2.12. The molecule has 0 aliphatic heterocycles. The second-order valence-electron chi connectivity index (χ2n) is 24.1. The van der Waals surface area contributed by atoms with Crippen LogP contribution in [0.3, 0.4) is 0 Å². The summed E-state index contributed by atoms with van der Waals surface area (Å²) in [5, 5.41) is 0. The molecule has 1 fully saturated rings. The van der Waals surface area contributed by atoms with Crippen molar-refractivity contribution in [2.75, 3.05) is 0 Å². The molecular formula is C65H130. The summed E-state index contributed by atoms with van der Waals surface area (Å²) in [4.78, 5) is 0. The molecule has 0 aromatic rings. The number of hydrogen-bond acceptors (Lipinski definition) is 0. The zero-order valence-corrected chi connectivity index (χ0v) is 46.7. The maximum atomic E-state index is 2.56. The number of rotatable bonds is 58. The van der Waals surface area contributed by atoms with Gasteiger partial charge in [-0.15, -0.1) is 0 Å². The van der Waals surface area contributed by atoms with Gasteiger partial charge >= 0.3 is 0 Å². The Morgan fingerprint density at radius 3 is 0.708 bits per heavy atom. The fraction of sp³-hybridized carbons (Fsp3) is 1.00. The van der Waals surface area contributed by atoms with Crippen molar-refractivity contribution < 1.29 is 0 Å². The third-order valence-corrected chi connectivity index (χ3v) is 16.4. The Bertz CT molecular complexity index is 850. The minimum absolute atomic E-state index is 0.540. The van der Waals surface area contributed by atoms with Gasteiger partial charge in [-0.25, -0.2) is 0 Å². The molecule has 0 nitrogen and oxygen atoms in total. The molecule has 0 amide bonds. The largest absolute Gasteiger partial charge is 0.0654 e. The lowest BCUT2D eigenvalue weighted by Gasteiger charge is -2.30. The average Bonchev–Trinajstić information content (AvgIpc) is 4.13. The van der Waals surface area contributed by atoms with E-state index in [1.54, 1.807) is 12.8 Å². The van der Waals surface area contributed by atoms with Gasteiger partial charge in [0, 0.05) is 0 Å². The molecule has 390 valence electrons. The van der Waals surface area contributed by atoms with E-state index in [1.165, 1.54) is 360 Å². The molecule has 0 radical (unpaired) electrons. The lowest BCUT2D eigenvalue weighted by atomic mass is 9.76. The van der Waals surface area contributed by atoms with Crippen molar-refractivity contribution >= 4 is 0 Å². The van der Waals surface area contributed by atoms with Crippen LogP contribution in [-0.2, 0) is 0 Å². The summed E-state index contributed by atoms with van der Waals surface area (Å²) >= 11 is 0. The predicted molar refractivity (Wildman–Crippen MR) is 300 cm³/mol. The van der Waals surface area contributed by atoms with Crippen LogP contribution >= 0.6 is 0 Å². The van der Waals surface area contributed by atoms with Crippen molar-refractivity contribution in [1.29, 1.82) is 0 Å². The van der Waals surface area contributed by atoms with Crippen molar-refractivity contribution in [1.82, 2.24) is 0 Å². The van der Waals surface area contributed by atoms with Gasteiger partial charge in [-0.2, -0.15) is 0 Å². The molecule has 0 spiro atoms. The van der Waals surface area contributed by atoms with Crippen LogP contribution in [-0.4, -0.2) is 0 Å². The first-order chi connectivity index (χ1) is 32.1. The molecule has 65 heavy (non-hydrogen) atoms. The molecule has 1 unspecified atom stereocenters. The van der Waals surface area contributed by atoms with Crippen molar-refractivity contribution in [2.24, 2.45) is 17.3 Å². The lowest BCUT2D eigenvalue weighted by molar-refractivity contribution is 0.222. The summed E-state index contributed by atoms with van der Waals surface area (Å²) in [6, 6.07) is 0. The molecule has 0 N–H and O–H groups in total. The average molecular weight is 912 g/mol. The quantitative estimate of drug-likeness (QED) is 0.0534. The zero-order valence-electron chi connectivity index (χ0n) is 46.7. The maximum absolute atomic E-state index is 2.56. The van der Waals surface area contributed by atoms with E-state index in [1.807, 2.05) is 0 Å². The molecule has 0 saturated heterocycles. The lowest BCUT2D eigenvalue weighted by Crippen LogP contribution is -2.17. The van der Waals surface area contributed by atoms with Crippen LogP contribution in [0.2, 0.25) is 0 Å². The van der Waals surface area contributed by atoms with Crippen LogP contribution in [0.25, 0.3) is 0 Å². The standard InChI is InChI=1S/C65H130/c1-5-7-8-9-10-11-12-13-14-15-16-17-18-19-20-21-22-23-24-25-26-27-29-33-36-39-42-45-48-51-54-57-64(62-65(3,4)61-6-2)58-55-52-49-46-43-40-37-34-31-28-30-32-35-38-41-44-47-50-53-56-63-59-60-63/h63-64H,5-62H2,1-4H3. The van der Waals surface area contributed by atoms with Crippen molar-refractivity contribution in [3.63, 3.8) is 0 Å². The van der Waals surface area contributed by atoms with E-state index in [-0.39, 0.29) is 0 Å². The van der Waals surface area contributed by atoms with E-state index < -0.39 is 0 Å². The topological polar surface area (TPSA) is 0 Å². The van der Waals surface area contributed by atoms with Gasteiger partial charge in [0.2, 0.25) is 0 Å². The Balaban J connectivity index is 1.83. The van der Waals surface area contributed by atoms with Crippen LogP contribution in [0.5, 0.6) is 0 Å². The molecule has 1 atom stereocenters. The smallest absolute Gasteiger partial charge is 0.0352 e. The molecule has 1 saturated carbocycles. The second-order valence-corrected chi connectivity index (χ2v) is 24.1. The van der Waals surface area contributed by atoms with Crippen molar-refractivity contribution in [2.45, 2.75) is 400 Å². The van der Waals surface area contributed by atoms with E-state index in [2.05, 4.69) is 27.7 Å². The zero-order chi connectivity index (χ0) is 46.7. The normalized spacial score (nSPS) is 13.7. The molecule has 0 aromatic heterocycles. The predicted octanol–water partition coefficient (Wildman–Crippen LogP) is 24.9. The minimum atomic E-state index is 0.540. The molecule has 0 heterocycles. The highest BCUT2D eigenvalue weighted by atomic mass is 14.3. The number of unbranched alkanes of at least 4 members (excludes halogenated alkanes) is 48. The summed E-state index contributed by atoms with van der Waals surface area (Å²) in [6.07, 6.45) is 86.4. The second kappa shape index (κ2) is 51.8. The van der Waals surface area contributed by atoms with E-state index >= 15 is 0 Å². The van der Waals surface area contributed by atoms with Gasteiger partial charge in [0.25, 0.3) is 0 Å². The van der Waals surface area contributed by atoms with Gasteiger partial charge in [-0.1, -0.05) is 387 Å². The SMILES string of the molecule is CCCCCCCCCCCCCCCCCCCCCCCCCCCCCCCCCC(CCCCCCCCCCCCCCCCCCCCCC1CC1)CC(C)(C)CCC. The maximum Gasteiger partial charge on any atom is -0.0352 e. The number of hydrogen-bond donors (Lipinski definition) is 0. The summed E-state index contributed by atoms with van der Waals surface area (Å²) < 4.78 is 0. The van der Waals surface area contributed by atoms with Gasteiger partial charge in [-0.3, -0.25) is 0 Å². The first-order valence-electron chi connectivity index (χ1n) is 32.1. The van der Waals surface area contributed by atoms with Crippen LogP contribution in [0.1, 0.15) is 400 Å². The van der Waals surface area contributed by atoms with E-state index in [9.17, 15) is 0 Å². The van der Waals surface area contributed by atoms with E-state index in [0.717, 1.165) is 11.8 Å². The Kier molecular flexibility index (Phi) is 50.3. The molecule has 1 aliphatic carbocycles. The van der Waals surface area contributed by atoms with Crippen molar-refractivity contribution in [3.8, 4) is 0 Å². The first-order valence-corrected chi connectivity index (χ1v) is 32.1.